The molecule has 1 aliphatic heterocycles. The minimum atomic E-state index is -1.55. The van der Waals surface area contributed by atoms with Crippen molar-refractivity contribution in [3.8, 4) is 0 Å². The van der Waals surface area contributed by atoms with Gasteiger partial charge in [-0.3, -0.25) is 19.7 Å². The highest BCUT2D eigenvalue weighted by atomic mass is 16.7. The summed E-state index contributed by atoms with van der Waals surface area (Å²) in [6, 6.07) is 4.77. The third-order valence-electron chi connectivity index (χ3n) is 4.00. The first-order valence-corrected chi connectivity index (χ1v) is 7.55. The van der Waals surface area contributed by atoms with E-state index in [0.29, 0.717) is 11.1 Å². The second-order valence-electron chi connectivity index (χ2n) is 5.72. The number of carboxylic acid groups (broad SMARTS) is 2. The van der Waals surface area contributed by atoms with Gasteiger partial charge in [-0.15, -0.1) is 0 Å². The SMILES string of the molecule is C/C(=C1\C(=O)N[C@@H]1CC(=O)O)C(Cc1ccc([N+](=O)[O-])cc1)OC(=O)O. The average molecular weight is 364 g/mol. The molecule has 0 radical (unpaired) electrons. The third-order valence-corrected chi connectivity index (χ3v) is 4.00. The predicted octanol–water partition coefficient (Wildman–Crippen LogP) is 1.49. The first-order chi connectivity index (χ1) is 12.2. The van der Waals surface area contributed by atoms with E-state index in [1.807, 2.05) is 0 Å². The molecule has 10 heteroatoms. The Morgan fingerprint density at radius 1 is 1.31 bits per heavy atom. The van der Waals surface area contributed by atoms with E-state index >= 15 is 0 Å². The minimum absolute atomic E-state index is 0.0483. The molecule has 1 amide bonds. The van der Waals surface area contributed by atoms with Crippen molar-refractivity contribution in [2.24, 2.45) is 0 Å². The van der Waals surface area contributed by atoms with Gasteiger partial charge in [-0.1, -0.05) is 12.1 Å². The number of rotatable bonds is 7. The number of nitro benzene ring substituents is 1. The number of benzene rings is 1. The number of hydrogen-bond donors (Lipinski definition) is 3. The molecule has 2 atom stereocenters. The molecule has 0 aliphatic carbocycles. The molecule has 1 aromatic carbocycles. The zero-order chi connectivity index (χ0) is 19.4. The van der Waals surface area contributed by atoms with Crippen molar-refractivity contribution in [1.82, 2.24) is 5.32 Å². The molecule has 1 unspecified atom stereocenters. The molecule has 26 heavy (non-hydrogen) atoms. The maximum absolute atomic E-state index is 11.8. The molecule has 138 valence electrons. The summed E-state index contributed by atoms with van der Waals surface area (Å²) in [6.45, 7) is 1.50. The smallest absolute Gasteiger partial charge is 0.481 e. The van der Waals surface area contributed by atoms with E-state index in [1.165, 1.54) is 31.2 Å². The van der Waals surface area contributed by atoms with Gasteiger partial charge >= 0.3 is 12.1 Å². The Bertz CT molecular complexity index is 784. The molecule has 1 fully saturated rings. The fourth-order valence-corrected chi connectivity index (χ4v) is 2.72. The molecule has 2 rings (SSSR count). The number of nitro groups is 1. The second kappa shape index (κ2) is 7.64. The number of amides is 1. The molecule has 1 aliphatic rings. The van der Waals surface area contributed by atoms with Crippen molar-refractivity contribution in [3.05, 3.63) is 51.1 Å². The molecule has 1 heterocycles. The number of nitrogens with one attached hydrogen (secondary N) is 1. The van der Waals surface area contributed by atoms with Crippen molar-refractivity contribution in [3.63, 3.8) is 0 Å². The van der Waals surface area contributed by atoms with E-state index in [4.69, 9.17) is 14.9 Å². The first kappa shape index (κ1) is 18.9. The lowest BCUT2D eigenvalue weighted by Gasteiger charge is -2.33. The quantitative estimate of drug-likeness (QED) is 0.216. The summed E-state index contributed by atoms with van der Waals surface area (Å²) in [5.41, 5.74) is 0.942. The van der Waals surface area contributed by atoms with Crippen LogP contribution in [0.4, 0.5) is 10.5 Å². The highest BCUT2D eigenvalue weighted by Gasteiger charge is 2.38. The van der Waals surface area contributed by atoms with Crippen molar-refractivity contribution >= 4 is 23.7 Å². The molecule has 3 N–H and O–H groups in total. The second-order valence-corrected chi connectivity index (χ2v) is 5.72. The van der Waals surface area contributed by atoms with Gasteiger partial charge in [0.25, 0.3) is 5.69 Å². The lowest BCUT2D eigenvalue weighted by Crippen LogP contribution is -2.53. The molecule has 0 bridgehead atoms. The van der Waals surface area contributed by atoms with Gasteiger partial charge in [-0.05, 0) is 18.1 Å². The van der Waals surface area contributed by atoms with Crippen LogP contribution in [0.15, 0.2) is 35.4 Å². The van der Waals surface area contributed by atoms with E-state index in [9.17, 15) is 24.5 Å². The molecule has 1 aromatic rings. The maximum atomic E-state index is 11.8. The number of non-ortho nitro benzene ring substituents is 1. The van der Waals surface area contributed by atoms with Crippen molar-refractivity contribution < 1.29 is 34.3 Å². The predicted molar refractivity (Wildman–Crippen MR) is 86.6 cm³/mol. The molecule has 0 aromatic heterocycles. The molecule has 0 saturated carbocycles. The normalized spacial score (nSPS) is 19.0. The number of ether oxygens (including phenoxy) is 1. The highest BCUT2D eigenvalue weighted by Crippen LogP contribution is 2.26. The Balaban J connectivity index is 2.27. The summed E-state index contributed by atoms with van der Waals surface area (Å²) in [4.78, 5) is 43.8. The summed E-state index contributed by atoms with van der Waals surface area (Å²) in [7, 11) is 0. The summed E-state index contributed by atoms with van der Waals surface area (Å²) in [5, 5.41) is 30.9. The Morgan fingerprint density at radius 3 is 2.38 bits per heavy atom. The molecule has 1 saturated heterocycles. The Morgan fingerprint density at radius 2 is 1.92 bits per heavy atom. The van der Waals surface area contributed by atoms with Crippen LogP contribution in [0.3, 0.4) is 0 Å². The number of hydrogen-bond acceptors (Lipinski definition) is 6. The van der Waals surface area contributed by atoms with Crippen LogP contribution in [0.2, 0.25) is 0 Å². The standard InChI is InChI=1S/C16H16N2O8/c1-8(14-11(7-13(19)20)17-15(14)21)12(26-16(22)23)6-9-2-4-10(5-3-9)18(24)25/h2-5,11-12H,6-7H2,1H3,(H,17,21)(H,19,20)(H,22,23)/b14-8+/t11-,12?/m1/s1. The van der Waals surface area contributed by atoms with Crippen LogP contribution < -0.4 is 5.32 Å². The van der Waals surface area contributed by atoms with E-state index in [2.05, 4.69) is 5.32 Å². The number of β-lactam (4-membered cyclic amide) rings is 1. The molecule has 10 nitrogen and oxygen atoms in total. The van der Waals surface area contributed by atoms with Gasteiger partial charge < -0.3 is 20.3 Å². The van der Waals surface area contributed by atoms with E-state index in [0.717, 1.165) is 0 Å². The maximum Gasteiger partial charge on any atom is 0.506 e. The molecular formula is C16H16N2O8. The van der Waals surface area contributed by atoms with Crippen molar-refractivity contribution in [1.29, 1.82) is 0 Å². The van der Waals surface area contributed by atoms with Gasteiger partial charge in [0.15, 0.2) is 0 Å². The van der Waals surface area contributed by atoms with Gasteiger partial charge in [-0.25, -0.2) is 4.79 Å². The third kappa shape index (κ3) is 4.35. The lowest BCUT2D eigenvalue weighted by molar-refractivity contribution is -0.384. The fourth-order valence-electron chi connectivity index (χ4n) is 2.72. The molecular weight excluding hydrogens is 348 g/mol. The average Bonchev–Trinajstić information content (AvgIpc) is 2.53. The van der Waals surface area contributed by atoms with E-state index < -0.39 is 35.1 Å². The fraction of sp³-hybridized carbons (Fsp3) is 0.312. The Hall–Kier alpha value is -3.43. The van der Waals surface area contributed by atoms with E-state index in [1.54, 1.807) is 0 Å². The van der Waals surface area contributed by atoms with Crippen LogP contribution in [0, 0.1) is 10.1 Å². The van der Waals surface area contributed by atoms with Gasteiger partial charge in [-0.2, -0.15) is 0 Å². The number of aliphatic carboxylic acids is 1. The van der Waals surface area contributed by atoms with Crippen LogP contribution in [-0.4, -0.2) is 45.3 Å². The van der Waals surface area contributed by atoms with Crippen LogP contribution in [0.5, 0.6) is 0 Å². The van der Waals surface area contributed by atoms with E-state index in [-0.39, 0.29) is 24.1 Å². The van der Waals surface area contributed by atoms with Crippen LogP contribution >= 0.6 is 0 Å². The van der Waals surface area contributed by atoms with Gasteiger partial charge in [0, 0.05) is 24.1 Å². The topological polar surface area (TPSA) is 156 Å². The minimum Gasteiger partial charge on any atom is -0.481 e. The lowest BCUT2D eigenvalue weighted by atomic mass is 9.87. The summed E-state index contributed by atoms with van der Waals surface area (Å²) >= 11 is 0. The Kier molecular flexibility index (Phi) is 5.55. The van der Waals surface area contributed by atoms with Gasteiger partial charge in [0.05, 0.1) is 17.4 Å². The zero-order valence-corrected chi connectivity index (χ0v) is 13.7. The monoisotopic (exact) mass is 364 g/mol. The number of carbonyl (C=O) groups is 3. The summed E-state index contributed by atoms with van der Waals surface area (Å²) in [6.07, 6.45) is -2.85. The largest absolute Gasteiger partial charge is 0.506 e. The van der Waals surface area contributed by atoms with Crippen molar-refractivity contribution in [2.75, 3.05) is 0 Å². The Labute approximate surface area is 147 Å². The highest BCUT2D eigenvalue weighted by molar-refractivity contribution is 6.03. The number of carbonyl (C=O) groups excluding carboxylic acids is 1. The summed E-state index contributed by atoms with van der Waals surface area (Å²) in [5.74, 6) is -1.58. The van der Waals surface area contributed by atoms with Crippen LogP contribution in [-0.2, 0) is 20.7 Å². The molecule has 0 spiro atoms. The van der Waals surface area contributed by atoms with Gasteiger partial charge in [0.2, 0.25) is 5.91 Å². The zero-order valence-electron chi connectivity index (χ0n) is 13.7. The number of carboxylic acids is 1. The van der Waals surface area contributed by atoms with Crippen molar-refractivity contribution in [2.45, 2.75) is 31.9 Å². The number of nitrogens with zero attached hydrogens (tertiary/aromatic N) is 1. The first-order valence-electron chi connectivity index (χ1n) is 7.55. The van der Waals surface area contributed by atoms with Gasteiger partial charge in [0.1, 0.15) is 6.10 Å². The van der Waals surface area contributed by atoms with Crippen LogP contribution in [0.25, 0.3) is 0 Å². The van der Waals surface area contributed by atoms with Crippen LogP contribution in [0.1, 0.15) is 18.9 Å². The summed E-state index contributed by atoms with van der Waals surface area (Å²) < 4.78 is 4.85.